The van der Waals surface area contributed by atoms with E-state index in [1.807, 2.05) is 6.07 Å². The fourth-order valence-corrected chi connectivity index (χ4v) is 3.25. The number of pyridine rings is 1. The molecule has 8 heteroatoms. The molecular formula is C20H14FN3O3S. The molecule has 1 aromatic carbocycles. The molecule has 4 rings (SSSR count). The number of anilines is 2. The Balaban J connectivity index is 1.45. The largest absolute Gasteiger partial charge is 0.462 e. The van der Waals surface area contributed by atoms with Crippen molar-refractivity contribution in [3.63, 3.8) is 0 Å². The minimum absolute atomic E-state index is 0.0182. The first-order valence-corrected chi connectivity index (χ1v) is 9.20. The maximum atomic E-state index is 13.4. The highest BCUT2D eigenvalue weighted by Crippen LogP contribution is 2.25. The van der Waals surface area contributed by atoms with Crippen LogP contribution in [-0.4, -0.2) is 15.9 Å². The van der Waals surface area contributed by atoms with Gasteiger partial charge in [0.15, 0.2) is 10.8 Å². The number of aromatic nitrogens is 2. The highest BCUT2D eigenvalue weighted by Gasteiger charge is 2.15. The van der Waals surface area contributed by atoms with Gasteiger partial charge in [0.05, 0.1) is 12.0 Å². The maximum Gasteiger partial charge on any atom is 0.342 e. The lowest BCUT2D eigenvalue weighted by Gasteiger charge is -2.10. The molecule has 0 unspecified atom stereocenters. The summed E-state index contributed by atoms with van der Waals surface area (Å²) in [7, 11) is 0. The molecule has 28 heavy (non-hydrogen) atoms. The normalized spacial score (nSPS) is 10.6. The van der Waals surface area contributed by atoms with Crippen molar-refractivity contribution in [2.45, 2.75) is 6.61 Å². The Hall–Kier alpha value is -3.52. The van der Waals surface area contributed by atoms with Gasteiger partial charge in [0.25, 0.3) is 0 Å². The lowest BCUT2D eigenvalue weighted by molar-refractivity contribution is 0.0469. The van der Waals surface area contributed by atoms with E-state index in [-0.39, 0.29) is 23.8 Å². The number of ether oxygens (including phenoxy) is 1. The molecule has 0 atom stereocenters. The van der Waals surface area contributed by atoms with Gasteiger partial charge in [-0.3, -0.25) is 0 Å². The molecule has 0 spiro atoms. The molecule has 3 heterocycles. The van der Waals surface area contributed by atoms with Crippen molar-refractivity contribution in [1.29, 1.82) is 0 Å². The van der Waals surface area contributed by atoms with E-state index in [0.717, 1.165) is 0 Å². The van der Waals surface area contributed by atoms with E-state index in [1.165, 1.54) is 29.7 Å². The molecular weight excluding hydrogens is 381 g/mol. The Bertz CT molecular complexity index is 1100. The number of esters is 1. The van der Waals surface area contributed by atoms with Gasteiger partial charge in [0.1, 0.15) is 23.8 Å². The van der Waals surface area contributed by atoms with Crippen LogP contribution >= 0.6 is 11.3 Å². The first-order chi connectivity index (χ1) is 13.7. The monoisotopic (exact) mass is 395 g/mol. The molecule has 0 bridgehead atoms. The fraction of sp³-hybridized carbons (Fsp3) is 0.0500. The molecule has 0 amide bonds. The van der Waals surface area contributed by atoms with Crippen molar-refractivity contribution in [3.8, 4) is 10.8 Å². The Labute approximate surface area is 163 Å². The zero-order chi connectivity index (χ0) is 19.3. The topological polar surface area (TPSA) is 77.2 Å². The summed E-state index contributed by atoms with van der Waals surface area (Å²) < 4.78 is 24.0. The third-order valence-electron chi connectivity index (χ3n) is 3.75. The Kier molecular flexibility index (Phi) is 5.11. The van der Waals surface area contributed by atoms with Gasteiger partial charge in [-0.15, -0.1) is 11.3 Å². The van der Waals surface area contributed by atoms with Crippen LogP contribution < -0.4 is 5.32 Å². The first kappa shape index (κ1) is 17.9. The standard InChI is InChI=1S/C20H14FN3O3S/c21-13-4-1-5-14(10-13)23-18-16(6-2-8-22-18)20(25)27-11-15-12-28-19(24-15)17-7-3-9-26-17/h1-10,12H,11H2,(H,22,23). The molecule has 0 radical (unpaired) electrons. The summed E-state index contributed by atoms with van der Waals surface area (Å²) in [5.74, 6) is 0.00423. The lowest BCUT2D eigenvalue weighted by atomic mass is 10.2. The van der Waals surface area contributed by atoms with Gasteiger partial charge in [-0.25, -0.2) is 19.2 Å². The summed E-state index contributed by atoms with van der Waals surface area (Å²) in [5.41, 5.74) is 1.34. The van der Waals surface area contributed by atoms with Crippen LogP contribution in [0.1, 0.15) is 16.1 Å². The van der Waals surface area contributed by atoms with Crippen molar-refractivity contribution in [3.05, 3.63) is 83.4 Å². The van der Waals surface area contributed by atoms with Crippen LogP contribution in [0.4, 0.5) is 15.9 Å². The molecule has 4 aromatic rings. The predicted molar refractivity (Wildman–Crippen MR) is 103 cm³/mol. The molecule has 0 saturated carbocycles. The van der Waals surface area contributed by atoms with Crippen LogP contribution in [0.25, 0.3) is 10.8 Å². The summed E-state index contributed by atoms with van der Waals surface area (Å²) >= 11 is 1.40. The number of nitrogens with one attached hydrogen (secondary N) is 1. The quantitative estimate of drug-likeness (QED) is 0.461. The van der Waals surface area contributed by atoms with Crippen LogP contribution in [0.15, 0.2) is 70.8 Å². The Morgan fingerprint density at radius 1 is 1.21 bits per heavy atom. The second-order valence-electron chi connectivity index (χ2n) is 5.73. The fourth-order valence-electron chi connectivity index (χ4n) is 2.48. The second kappa shape index (κ2) is 8.01. The van der Waals surface area contributed by atoms with Crippen molar-refractivity contribution in [2.24, 2.45) is 0 Å². The maximum absolute atomic E-state index is 13.4. The van der Waals surface area contributed by atoms with Gasteiger partial charge in [-0.2, -0.15) is 0 Å². The van der Waals surface area contributed by atoms with Crippen LogP contribution in [0.3, 0.4) is 0 Å². The molecule has 0 aliphatic carbocycles. The van der Waals surface area contributed by atoms with Crippen LogP contribution in [0.2, 0.25) is 0 Å². The van der Waals surface area contributed by atoms with E-state index in [4.69, 9.17) is 9.15 Å². The second-order valence-corrected chi connectivity index (χ2v) is 6.59. The van der Waals surface area contributed by atoms with Crippen molar-refractivity contribution >= 4 is 28.8 Å². The Morgan fingerprint density at radius 2 is 2.14 bits per heavy atom. The van der Waals surface area contributed by atoms with Crippen LogP contribution in [-0.2, 0) is 11.3 Å². The van der Waals surface area contributed by atoms with E-state index in [1.54, 1.807) is 42.0 Å². The highest BCUT2D eigenvalue weighted by atomic mass is 32.1. The Morgan fingerprint density at radius 3 is 2.96 bits per heavy atom. The van der Waals surface area contributed by atoms with E-state index >= 15 is 0 Å². The smallest absolute Gasteiger partial charge is 0.342 e. The number of hydrogen-bond acceptors (Lipinski definition) is 7. The number of benzene rings is 1. The van der Waals surface area contributed by atoms with Crippen molar-refractivity contribution in [1.82, 2.24) is 9.97 Å². The summed E-state index contributed by atoms with van der Waals surface area (Å²) in [6.45, 7) is 0.0182. The minimum Gasteiger partial charge on any atom is -0.462 e. The number of thiazole rings is 1. The summed E-state index contributed by atoms with van der Waals surface area (Å²) in [4.78, 5) is 21.1. The molecule has 0 fully saturated rings. The van der Waals surface area contributed by atoms with E-state index < -0.39 is 5.97 Å². The molecule has 1 N–H and O–H groups in total. The number of hydrogen-bond donors (Lipinski definition) is 1. The number of carbonyl (C=O) groups excluding carboxylic acids is 1. The molecule has 3 aromatic heterocycles. The van der Waals surface area contributed by atoms with Crippen molar-refractivity contribution in [2.75, 3.05) is 5.32 Å². The SMILES string of the molecule is O=C(OCc1csc(-c2ccco2)n1)c1cccnc1Nc1cccc(F)c1. The van der Waals surface area contributed by atoms with Crippen LogP contribution in [0.5, 0.6) is 0 Å². The predicted octanol–water partition coefficient (Wildman–Crippen LogP) is 5.04. The van der Waals surface area contributed by atoms with E-state index in [9.17, 15) is 9.18 Å². The molecule has 6 nitrogen and oxygen atoms in total. The number of halogens is 1. The number of furan rings is 1. The molecule has 140 valence electrons. The number of carbonyl (C=O) groups is 1. The van der Waals surface area contributed by atoms with Gasteiger partial charge in [-0.1, -0.05) is 6.07 Å². The van der Waals surface area contributed by atoms with Crippen LogP contribution in [0, 0.1) is 5.82 Å². The third kappa shape index (κ3) is 4.07. The number of nitrogens with zero attached hydrogens (tertiary/aromatic N) is 2. The molecule has 0 aliphatic heterocycles. The van der Waals surface area contributed by atoms with Gasteiger partial charge in [0, 0.05) is 17.3 Å². The zero-order valence-electron chi connectivity index (χ0n) is 14.5. The molecule has 0 saturated heterocycles. The van der Waals surface area contributed by atoms with Gasteiger partial charge in [0.2, 0.25) is 0 Å². The average Bonchev–Trinajstić information content (AvgIpc) is 3.38. The minimum atomic E-state index is -0.556. The van der Waals surface area contributed by atoms with Gasteiger partial charge in [-0.05, 0) is 42.5 Å². The average molecular weight is 395 g/mol. The highest BCUT2D eigenvalue weighted by molar-refractivity contribution is 7.13. The van der Waals surface area contributed by atoms with E-state index in [0.29, 0.717) is 22.1 Å². The zero-order valence-corrected chi connectivity index (χ0v) is 15.3. The first-order valence-electron chi connectivity index (χ1n) is 8.32. The number of rotatable bonds is 6. The van der Waals surface area contributed by atoms with Gasteiger partial charge < -0.3 is 14.5 Å². The summed E-state index contributed by atoms with van der Waals surface area (Å²) in [6, 6.07) is 12.7. The summed E-state index contributed by atoms with van der Waals surface area (Å²) in [6.07, 6.45) is 3.11. The summed E-state index contributed by atoms with van der Waals surface area (Å²) in [5, 5.41) is 5.46. The van der Waals surface area contributed by atoms with Crippen molar-refractivity contribution < 1.29 is 18.3 Å². The van der Waals surface area contributed by atoms with E-state index in [2.05, 4.69) is 15.3 Å². The molecule has 0 aliphatic rings. The van der Waals surface area contributed by atoms with Gasteiger partial charge >= 0.3 is 5.97 Å². The third-order valence-corrected chi connectivity index (χ3v) is 4.66. The lowest BCUT2D eigenvalue weighted by Crippen LogP contribution is -2.09.